The SMILES string of the molecule is COC(=O)c1sc(NC(=O)COC(=O)c2ccc(Cl)cc2O)c(C(=O)OC)c1C. The van der Waals surface area contributed by atoms with E-state index >= 15 is 0 Å². The maximum absolute atomic E-state index is 12.2. The lowest BCUT2D eigenvalue weighted by Crippen LogP contribution is -2.21. The quantitative estimate of drug-likeness (QED) is 0.517. The number of nitrogens with one attached hydrogen (secondary N) is 1. The molecule has 0 aliphatic heterocycles. The van der Waals surface area contributed by atoms with Crippen molar-refractivity contribution in [1.82, 2.24) is 0 Å². The molecule has 2 rings (SSSR count). The van der Waals surface area contributed by atoms with Crippen molar-refractivity contribution in [3.63, 3.8) is 0 Å². The maximum atomic E-state index is 12.2. The number of halogens is 1. The van der Waals surface area contributed by atoms with Gasteiger partial charge < -0.3 is 24.6 Å². The van der Waals surface area contributed by atoms with Crippen LogP contribution in [0.3, 0.4) is 0 Å². The fourth-order valence-corrected chi connectivity index (χ4v) is 3.58. The molecule has 0 radical (unpaired) electrons. The number of hydrogen-bond donors (Lipinski definition) is 2. The normalized spacial score (nSPS) is 10.2. The third-order valence-electron chi connectivity index (χ3n) is 3.67. The molecule has 9 nitrogen and oxygen atoms in total. The zero-order valence-electron chi connectivity index (χ0n) is 15.5. The van der Waals surface area contributed by atoms with Crippen molar-refractivity contribution >= 4 is 51.8 Å². The van der Waals surface area contributed by atoms with Crippen molar-refractivity contribution in [3.8, 4) is 5.75 Å². The number of ether oxygens (including phenoxy) is 3. The molecule has 0 spiro atoms. The summed E-state index contributed by atoms with van der Waals surface area (Å²) >= 11 is 6.52. The van der Waals surface area contributed by atoms with Crippen LogP contribution in [0.5, 0.6) is 5.75 Å². The van der Waals surface area contributed by atoms with Crippen LogP contribution in [0.15, 0.2) is 18.2 Å². The Morgan fingerprint density at radius 3 is 2.34 bits per heavy atom. The molecule has 0 unspecified atom stereocenters. The Labute approximate surface area is 174 Å². The Morgan fingerprint density at radius 2 is 1.76 bits per heavy atom. The highest BCUT2D eigenvalue weighted by molar-refractivity contribution is 7.18. The zero-order chi connectivity index (χ0) is 21.7. The molecule has 0 saturated heterocycles. The van der Waals surface area contributed by atoms with E-state index in [0.717, 1.165) is 24.5 Å². The number of phenols is 1. The van der Waals surface area contributed by atoms with Gasteiger partial charge in [0.25, 0.3) is 5.91 Å². The van der Waals surface area contributed by atoms with Crippen LogP contribution < -0.4 is 5.32 Å². The Hall–Kier alpha value is -3.11. The van der Waals surface area contributed by atoms with Crippen molar-refractivity contribution in [1.29, 1.82) is 0 Å². The third kappa shape index (κ3) is 5.04. The van der Waals surface area contributed by atoms with Gasteiger partial charge in [0.1, 0.15) is 21.2 Å². The minimum Gasteiger partial charge on any atom is -0.507 e. The lowest BCUT2D eigenvalue weighted by molar-refractivity contribution is -0.119. The maximum Gasteiger partial charge on any atom is 0.348 e. The number of thiophene rings is 1. The van der Waals surface area contributed by atoms with E-state index in [1.807, 2.05) is 0 Å². The van der Waals surface area contributed by atoms with Crippen LogP contribution in [-0.4, -0.2) is 49.7 Å². The minimum absolute atomic E-state index is 0.00655. The standard InChI is InChI=1S/C18H16ClNO8S/c1-8-13(17(24)26-2)15(29-14(8)18(25)27-3)20-12(22)7-28-16(23)10-5-4-9(19)6-11(10)21/h4-6,21H,7H2,1-3H3,(H,20,22). The van der Waals surface area contributed by atoms with Gasteiger partial charge in [0.05, 0.1) is 19.8 Å². The van der Waals surface area contributed by atoms with Crippen LogP contribution in [0, 0.1) is 6.92 Å². The van der Waals surface area contributed by atoms with Gasteiger partial charge in [-0.15, -0.1) is 11.3 Å². The molecule has 0 aliphatic carbocycles. The van der Waals surface area contributed by atoms with Gasteiger partial charge in [0.15, 0.2) is 6.61 Å². The van der Waals surface area contributed by atoms with E-state index in [9.17, 15) is 24.3 Å². The van der Waals surface area contributed by atoms with E-state index in [1.165, 1.54) is 26.2 Å². The molecule has 0 atom stereocenters. The molecule has 154 valence electrons. The largest absolute Gasteiger partial charge is 0.507 e. The Kier molecular flexibility index (Phi) is 7.18. The molecule has 1 aromatic heterocycles. The summed E-state index contributed by atoms with van der Waals surface area (Å²) in [5.41, 5.74) is 0.109. The summed E-state index contributed by atoms with van der Waals surface area (Å²) in [4.78, 5) is 48.2. The van der Waals surface area contributed by atoms with Crippen molar-refractivity contribution in [2.24, 2.45) is 0 Å². The number of esters is 3. The Bertz CT molecular complexity index is 984. The third-order valence-corrected chi connectivity index (χ3v) is 5.10. The van der Waals surface area contributed by atoms with Crippen LogP contribution in [0.2, 0.25) is 5.02 Å². The first kappa shape index (κ1) is 22.2. The summed E-state index contributed by atoms with van der Waals surface area (Å²) in [6.07, 6.45) is 0. The van der Waals surface area contributed by atoms with Gasteiger partial charge in [-0.3, -0.25) is 4.79 Å². The second-order valence-corrected chi connectivity index (χ2v) is 6.99. The number of phenolic OH excluding ortho intramolecular Hbond substituents is 1. The van der Waals surface area contributed by atoms with Gasteiger partial charge in [-0.05, 0) is 30.7 Å². The number of amides is 1. The molecule has 11 heteroatoms. The average molecular weight is 442 g/mol. The fourth-order valence-electron chi connectivity index (χ4n) is 2.29. The predicted molar refractivity (Wildman–Crippen MR) is 104 cm³/mol. The Balaban J connectivity index is 2.14. The van der Waals surface area contributed by atoms with Crippen molar-refractivity contribution in [2.45, 2.75) is 6.92 Å². The van der Waals surface area contributed by atoms with Gasteiger partial charge in [0, 0.05) is 5.02 Å². The highest BCUT2D eigenvalue weighted by Crippen LogP contribution is 2.34. The number of anilines is 1. The first-order chi connectivity index (χ1) is 13.7. The number of benzene rings is 1. The van der Waals surface area contributed by atoms with E-state index in [4.69, 9.17) is 16.3 Å². The zero-order valence-corrected chi connectivity index (χ0v) is 17.1. The molecule has 29 heavy (non-hydrogen) atoms. The molecule has 0 aliphatic rings. The molecular weight excluding hydrogens is 426 g/mol. The van der Waals surface area contributed by atoms with Gasteiger partial charge in [-0.1, -0.05) is 11.6 Å². The second-order valence-electron chi connectivity index (χ2n) is 5.53. The molecule has 1 amide bonds. The highest BCUT2D eigenvalue weighted by atomic mass is 35.5. The van der Waals surface area contributed by atoms with E-state index in [2.05, 4.69) is 14.8 Å². The van der Waals surface area contributed by atoms with Crippen molar-refractivity contribution in [3.05, 3.63) is 44.8 Å². The van der Waals surface area contributed by atoms with Crippen LogP contribution in [0.1, 0.15) is 36.0 Å². The molecule has 1 aromatic carbocycles. The number of aromatic hydroxyl groups is 1. The predicted octanol–water partition coefficient (Wildman–Crippen LogP) is 2.78. The highest BCUT2D eigenvalue weighted by Gasteiger charge is 2.27. The Morgan fingerprint density at radius 1 is 1.10 bits per heavy atom. The van der Waals surface area contributed by atoms with Crippen LogP contribution in [-0.2, 0) is 19.0 Å². The van der Waals surface area contributed by atoms with Crippen LogP contribution in [0.4, 0.5) is 5.00 Å². The number of hydrogen-bond acceptors (Lipinski definition) is 9. The summed E-state index contributed by atoms with van der Waals surface area (Å²) in [7, 11) is 2.34. The average Bonchev–Trinajstić information content (AvgIpc) is 3.00. The summed E-state index contributed by atoms with van der Waals surface area (Å²) in [6.45, 7) is 0.806. The molecule has 0 bridgehead atoms. The lowest BCUT2D eigenvalue weighted by atomic mass is 10.1. The van der Waals surface area contributed by atoms with Crippen molar-refractivity contribution < 1.29 is 38.5 Å². The monoisotopic (exact) mass is 441 g/mol. The summed E-state index contributed by atoms with van der Waals surface area (Å²) < 4.78 is 14.2. The van der Waals surface area contributed by atoms with Gasteiger partial charge >= 0.3 is 17.9 Å². The van der Waals surface area contributed by atoms with E-state index < -0.39 is 36.2 Å². The topological polar surface area (TPSA) is 128 Å². The first-order valence-corrected chi connectivity index (χ1v) is 9.14. The van der Waals surface area contributed by atoms with Gasteiger partial charge in [0.2, 0.25) is 0 Å². The fraction of sp³-hybridized carbons (Fsp3) is 0.222. The molecule has 2 aromatic rings. The second kappa shape index (κ2) is 9.39. The van der Waals surface area contributed by atoms with E-state index in [-0.39, 0.29) is 31.6 Å². The number of carbonyl (C=O) groups is 4. The molecule has 0 fully saturated rings. The summed E-state index contributed by atoms with van der Waals surface area (Å²) in [5.74, 6) is -3.54. The lowest BCUT2D eigenvalue weighted by Gasteiger charge is -2.08. The van der Waals surface area contributed by atoms with E-state index in [1.54, 1.807) is 0 Å². The number of carbonyl (C=O) groups excluding carboxylic acids is 4. The molecule has 0 saturated carbocycles. The summed E-state index contributed by atoms with van der Waals surface area (Å²) in [5, 5.41) is 12.4. The van der Waals surface area contributed by atoms with Gasteiger partial charge in [-0.25, -0.2) is 14.4 Å². The smallest absolute Gasteiger partial charge is 0.348 e. The van der Waals surface area contributed by atoms with Crippen LogP contribution in [0.25, 0.3) is 0 Å². The van der Waals surface area contributed by atoms with Gasteiger partial charge in [-0.2, -0.15) is 0 Å². The summed E-state index contributed by atoms with van der Waals surface area (Å²) in [6, 6.07) is 3.78. The first-order valence-electron chi connectivity index (χ1n) is 7.95. The van der Waals surface area contributed by atoms with E-state index in [0.29, 0.717) is 0 Å². The molecule has 2 N–H and O–H groups in total. The number of rotatable bonds is 6. The molecule has 1 heterocycles. The van der Waals surface area contributed by atoms with Crippen molar-refractivity contribution in [2.75, 3.05) is 26.1 Å². The number of methoxy groups -OCH3 is 2. The minimum atomic E-state index is -0.944. The molecular formula is C18H16ClNO8S. The van der Waals surface area contributed by atoms with Crippen LogP contribution >= 0.6 is 22.9 Å².